The number of carbonyl (C=O) groups excluding carboxylic acids is 1. The van der Waals surface area contributed by atoms with Gasteiger partial charge in [-0.15, -0.1) is 0 Å². The molecular formula is C9H8N3NaO4. The Kier molecular flexibility index (Phi) is 4.22. The number of nitro benzene ring substituents is 1. The maximum atomic E-state index is 11.3. The summed E-state index contributed by atoms with van der Waals surface area (Å²) >= 11 is 0. The minimum absolute atomic E-state index is 0. The minimum Gasteiger partial charge on any atom is -1.00 e. The van der Waals surface area contributed by atoms with Crippen LogP contribution in [0.25, 0.3) is 10.9 Å². The second-order valence-corrected chi connectivity index (χ2v) is 2.99. The summed E-state index contributed by atoms with van der Waals surface area (Å²) in [4.78, 5) is 21.5. The van der Waals surface area contributed by atoms with E-state index in [1.54, 1.807) is 6.07 Å². The fraction of sp³-hybridized carbons (Fsp3) is 0.111. The number of aromatic nitrogens is 2. The molecule has 0 saturated carbocycles. The molecule has 84 valence electrons. The molecule has 7 nitrogen and oxygen atoms in total. The molecule has 0 unspecified atom stereocenters. The summed E-state index contributed by atoms with van der Waals surface area (Å²) in [6, 6.07) is 4.40. The molecule has 0 atom stereocenters. The molecule has 8 heteroatoms. The molecule has 1 aromatic heterocycles. The largest absolute Gasteiger partial charge is 1.00 e. The average Bonchev–Trinajstić information content (AvgIpc) is 2.71. The van der Waals surface area contributed by atoms with Crippen LogP contribution in [0.1, 0.15) is 1.43 Å². The molecule has 0 spiro atoms. The molecule has 0 fully saturated rings. The topological polar surface area (TPSA) is 87.3 Å². The van der Waals surface area contributed by atoms with Crippen molar-refractivity contribution in [2.45, 2.75) is 0 Å². The van der Waals surface area contributed by atoms with E-state index in [-0.39, 0.29) is 36.7 Å². The van der Waals surface area contributed by atoms with Crippen LogP contribution >= 0.6 is 0 Å². The van der Waals surface area contributed by atoms with Crippen molar-refractivity contribution >= 4 is 22.7 Å². The zero-order chi connectivity index (χ0) is 11.7. The summed E-state index contributed by atoms with van der Waals surface area (Å²) in [5.74, 6) is 0. The van der Waals surface area contributed by atoms with Crippen molar-refractivity contribution in [3.63, 3.8) is 0 Å². The molecule has 0 saturated heterocycles. The van der Waals surface area contributed by atoms with E-state index in [4.69, 9.17) is 0 Å². The summed E-state index contributed by atoms with van der Waals surface area (Å²) in [5.41, 5.74) is 0.258. The Morgan fingerprint density at radius 2 is 2.29 bits per heavy atom. The van der Waals surface area contributed by atoms with Gasteiger partial charge in [0.15, 0.2) is 0 Å². The van der Waals surface area contributed by atoms with E-state index in [9.17, 15) is 14.9 Å². The van der Waals surface area contributed by atoms with Crippen LogP contribution in [-0.2, 0) is 4.74 Å². The molecule has 0 bridgehead atoms. The first-order valence-electron chi connectivity index (χ1n) is 4.34. The quantitative estimate of drug-likeness (QED) is 0.353. The zero-order valence-electron chi connectivity index (χ0n) is 10.3. The van der Waals surface area contributed by atoms with Crippen molar-refractivity contribution < 1.29 is 45.4 Å². The first kappa shape index (κ1) is 13.6. The van der Waals surface area contributed by atoms with Crippen molar-refractivity contribution in [3.8, 4) is 0 Å². The average molecular weight is 245 g/mol. The summed E-state index contributed by atoms with van der Waals surface area (Å²) < 4.78 is 5.47. The van der Waals surface area contributed by atoms with Crippen LogP contribution in [0.2, 0.25) is 0 Å². The smallest absolute Gasteiger partial charge is 1.00 e. The summed E-state index contributed by atoms with van der Waals surface area (Å²) in [5, 5.41) is 14.8. The van der Waals surface area contributed by atoms with Gasteiger partial charge in [-0.1, -0.05) is 6.07 Å². The fourth-order valence-electron chi connectivity index (χ4n) is 1.43. The number of fused-ring (bicyclic) bond motifs is 1. The van der Waals surface area contributed by atoms with Crippen LogP contribution in [0.15, 0.2) is 24.4 Å². The van der Waals surface area contributed by atoms with Crippen LogP contribution in [0.4, 0.5) is 10.5 Å². The SMILES string of the molecule is COC(=O)n1ncc2c([N+](=O)[O-])cccc21.[H-].[Na+]. The van der Waals surface area contributed by atoms with Gasteiger partial charge in [-0.3, -0.25) is 10.1 Å². The van der Waals surface area contributed by atoms with E-state index in [0.29, 0.717) is 10.9 Å². The Balaban J connectivity index is 0.00000144. The monoisotopic (exact) mass is 245 g/mol. The van der Waals surface area contributed by atoms with Crippen molar-refractivity contribution in [2.24, 2.45) is 0 Å². The van der Waals surface area contributed by atoms with Gasteiger partial charge in [0, 0.05) is 6.07 Å². The molecule has 17 heavy (non-hydrogen) atoms. The summed E-state index contributed by atoms with van der Waals surface area (Å²) in [6.07, 6.45) is 0.584. The third-order valence-corrected chi connectivity index (χ3v) is 2.13. The van der Waals surface area contributed by atoms with Gasteiger partial charge in [0.2, 0.25) is 0 Å². The Labute approximate surface area is 119 Å². The molecule has 1 heterocycles. The van der Waals surface area contributed by atoms with Crippen LogP contribution in [0, 0.1) is 10.1 Å². The van der Waals surface area contributed by atoms with E-state index >= 15 is 0 Å². The van der Waals surface area contributed by atoms with Crippen molar-refractivity contribution in [1.29, 1.82) is 0 Å². The van der Waals surface area contributed by atoms with Gasteiger partial charge in [-0.05, 0) is 6.07 Å². The molecule has 0 aliphatic heterocycles. The van der Waals surface area contributed by atoms with Gasteiger partial charge in [-0.25, -0.2) is 4.79 Å². The predicted octanol–water partition coefficient (Wildman–Crippen LogP) is -1.32. The van der Waals surface area contributed by atoms with Crippen molar-refractivity contribution in [3.05, 3.63) is 34.5 Å². The van der Waals surface area contributed by atoms with Gasteiger partial charge in [-0.2, -0.15) is 9.78 Å². The molecule has 2 rings (SSSR count). The van der Waals surface area contributed by atoms with E-state index < -0.39 is 11.0 Å². The van der Waals surface area contributed by atoms with Crippen LogP contribution < -0.4 is 29.6 Å². The van der Waals surface area contributed by atoms with Gasteiger partial charge in [0.1, 0.15) is 0 Å². The number of methoxy groups -OCH3 is 1. The fourth-order valence-corrected chi connectivity index (χ4v) is 1.43. The molecule has 0 amide bonds. The second-order valence-electron chi connectivity index (χ2n) is 2.99. The van der Waals surface area contributed by atoms with Gasteiger partial charge >= 0.3 is 35.7 Å². The van der Waals surface area contributed by atoms with Crippen molar-refractivity contribution in [2.75, 3.05) is 7.11 Å². The minimum atomic E-state index is -0.685. The van der Waals surface area contributed by atoms with Crippen LogP contribution in [0.5, 0.6) is 0 Å². The Hall–Kier alpha value is -1.44. The number of benzene rings is 1. The number of hydrogen-bond acceptors (Lipinski definition) is 5. The molecule has 2 aromatic rings. The van der Waals surface area contributed by atoms with Crippen LogP contribution in [-0.4, -0.2) is 27.9 Å². The van der Waals surface area contributed by atoms with Crippen molar-refractivity contribution in [1.82, 2.24) is 9.78 Å². The number of carbonyl (C=O) groups is 1. The Bertz CT molecular complexity index is 586. The van der Waals surface area contributed by atoms with E-state index in [0.717, 1.165) is 4.68 Å². The molecule has 0 aliphatic rings. The third-order valence-electron chi connectivity index (χ3n) is 2.13. The van der Waals surface area contributed by atoms with Crippen LogP contribution in [0.3, 0.4) is 0 Å². The Morgan fingerprint density at radius 3 is 2.88 bits per heavy atom. The van der Waals surface area contributed by atoms with Gasteiger partial charge < -0.3 is 6.16 Å². The van der Waals surface area contributed by atoms with Gasteiger partial charge in [0.05, 0.1) is 29.1 Å². The van der Waals surface area contributed by atoms with E-state index in [1.165, 1.54) is 25.4 Å². The maximum Gasteiger partial charge on any atom is 1.00 e. The van der Waals surface area contributed by atoms with Gasteiger partial charge in [0.25, 0.3) is 5.69 Å². The number of non-ortho nitro benzene ring substituents is 1. The third kappa shape index (κ3) is 2.31. The Morgan fingerprint density at radius 1 is 1.59 bits per heavy atom. The second kappa shape index (κ2) is 5.26. The molecule has 1 aromatic carbocycles. The summed E-state index contributed by atoms with van der Waals surface area (Å²) in [7, 11) is 1.22. The number of nitrogens with zero attached hydrogens (tertiary/aromatic N) is 3. The number of ether oxygens (including phenoxy) is 1. The molecule has 0 N–H and O–H groups in total. The maximum absolute atomic E-state index is 11.3. The number of hydrogen-bond donors (Lipinski definition) is 0. The molecular weight excluding hydrogens is 237 g/mol. The first-order chi connectivity index (χ1) is 7.65. The zero-order valence-corrected chi connectivity index (χ0v) is 11.3. The molecule has 0 aliphatic carbocycles. The summed E-state index contributed by atoms with van der Waals surface area (Å²) in [6.45, 7) is 0. The van der Waals surface area contributed by atoms with E-state index in [2.05, 4.69) is 9.84 Å². The first-order valence-corrected chi connectivity index (χ1v) is 4.34. The number of nitro groups is 1. The normalized spacial score (nSPS) is 9.71. The molecule has 0 radical (unpaired) electrons. The van der Waals surface area contributed by atoms with E-state index in [1.807, 2.05) is 0 Å². The standard InChI is InChI=1S/C9H7N3O4.Na.H/c1-16-9(13)11-7-3-2-4-8(12(14)15)6(7)5-10-11;;/h2-5H,1H3;;/q;+1;-1. The predicted molar refractivity (Wildman–Crippen MR) is 55.3 cm³/mol. The number of rotatable bonds is 1.